The second kappa shape index (κ2) is 6.10. The van der Waals surface area contributed by atoms with Crippen LogP contribution in [0.1, 0.15) is 22.3 Å². The van der Waals surface area contributed by atoms with Gasteiger partial charge < -0.3 is 10.6 Å². The van der Waals surface area contributed by atoms with Gasteiger partial charge in [-0.25, -0.2) is 0 Å². The van der Waals surface area contributed by atoms with Gasteiger partial charge in [-0.1, -0.05) is 29.8 Å². The Morgan fingerprint density at radius 2 is 1.50 bits per heavy atom. The third kappa shape index (κ3) is 3.02. The molecule has 0 aliphatic rings. The van der Waals surface area contributed by atoms with Gasteiger partial charge in [0.25, 0.3) is 0 Å². The van der Waals surface area contributed by atoms with E-state index in [9.17, 15) is 0 Å². The van der Waals surface area contributed by atoms with Crippen molar-refractivity contribution in [1.82, 2.24) is 0 Å². The van der Waals surface area contributed by atoms with Gasteiger partial charge in [0, 0.05) is 18.4 Å². The van der Waals surface area contributed by atoms with E-state index < -0.39 is 0 Å². The van der Waals surface area contributed by atoms with Gasteiger partial charge in [0.1, 0.15) is 0 Å². The Morgan fingerprint density at radius 3 is 2.05 bits per heavy atom. The first-order chi connectivity index (χ1) is 9.52. The van der Waals surface area contributed by atoms with E-state index >= 15 is 0 Å². The molecule has 0 saturated heterocycles. The predicted molar refractivity (Wildman–Crippen MR) is 87.9 cm³/mol. The average Bonchev–Trinajstić information content (AvgIpc) is 2.38. The lowest BCUT2D eigenvalue weighted by Gasteiger charge is -2.24. The maximum Gasteiger partial charge on any atom is 0.0438 e. The molecular weight excluding hydrogens is 244 g/mol. The summed E-state index contributed by atoms with van der Waals surface area (Å²) in [7, 11) is 2.13. The zero-order valence-electron chi connectivity index (χ0n) is 12.9. The van der Waals surface area contributed by atoms with Crippen LogP contribution in [0.3, 0.4) is 0 Å². The Balaban J connectivity index is 2.35. The topological polar surface area (TPSA) is 29.3 Å². The van der Waals surface area contributed by atoms with Crippen molar-refractivity contribution >= 4 is 11.4 Å². The molecule has 0 aliphatic heterocycles. The standard InChI is InChI=1S/C18H24N2/c1-13-5-7-17(14(2)11-13)20(4)18-8-6-16(9-10-19)12-15(18)3/h5-8,11-12H,9-10,19H2,1-4H3. The van der Waals surface area contributed by atoms with Crippen LogP contribution in [0.25, 0.3) is 0 Å². The summed E-state index contributed by atoms with van der Waals surface area (Å²) < 4.78 is 0. The maximum absolute atomic E-state index is 5.62. The molecule has 0 fully saturated rings. The zero-order chi connectivity index (χ0) is 14.7. The van der Waals surface area contributed by atoms with Crippen molar-refractivity contribution < 1.29 is 0 Å². The Bertz CT molecular complexity index is 602. The second-order valence-corrected chi connectivity index (χ2v) is 5.51. The summed E-state index contributed by atoms with van der Waals surface area (Å²) in [6.45, 7) is 7.15. The quantitative estimate of drug-likeness (QED) is 0.911. The van der Waals surface area contributed by atoms with Gasteiger partial charge in [0.15, 0.2) is 0 Å². The van der Waals surface area contributed by atoms with Crippen LogP contribution in [0.2, 0.25) is 0 Å². The summed E-state index contributed by atoms with van der Waals surface area (Å²) in [6, 6.07) is 13.2. The molecule has 2 aromatic carbocycles. The smallest absolute Gasteiger partial charge is 0.0438 e. The molecule has 106 valence electrons. The fourth-order valence-corrected chi connectivity index (χ4v) is 2.73. The Labute approximate surface area is 122 Å². The molecule has 2 N–H and O–H groups in total. The van der Waals surface area contributed by atoms with Crippen molar-refractivity contribution in [2.45, 2.75) is 27.2 Å². The second-order valence-electron chi connectivity index (χ2n) is 5.51. The van der Waals surface area contributed by atoms with Crippen molar-refractivity contribution in [1.29, 1.82) is 0 Å². The molecule has 20 heavy (non-hydrogen) atoms. The lowest BCUT2D eigenvalue weighted by Crippen LogP contribution is -2.13. The molecule has 0 amide bonds. The molecule has 0 radical (unpaired) electrons. The van der Waals surface area contributed by atoms with Gasteiger partial charge in [0.2, 0.25) is 0 Å². The van der Waals surface area contributed by atoms with Gasteiger partial charge >= 0.3 is 0 Å². The Morgan fingerprint density at radius 1 is 0.900 bits per heavy atom. The number of hydrogen-bond acceptors (Lipinski definition) is 2. The van der Waals surface area contributed by atoms with Crippen LogP contribution in [0.5, 0.6) is 0 Å². The first-order valence-electron chi connectivity index (χ1n) is 7.13. The molecule has 0 saturated carbocycles. The minimum Gasteiger partial charge on any atom is -0.344 e. The number of anilines is 2. The summed E-state index contributed by atoms with van der Waals surface area (Å²) in [6.07, 6.45) is 0.939. The van der Waals surface area contributed by atoms with E-state index in [0.29, 0.717) is 6.54 Å². The molecule has 2 aromatic rings. The van der Waals surface area contributed by atoms with Gasteiger partial charge in [-0.3, -0.25) is 0 Å². The van der Waals surface area contributed by atoms with Crippen molar-refractivity contribution in [2.24, 2.45) is 5.73 Å². The molecule has 0 spiro atoms. The van der Waals surface area contributed by atoms with Crippen LogP contribution in [0.4, 0.5) is 11.4 Å². The first kappa shape index (κ1) is 14.6. The van der Waals surface area contributed by atoms with Gasteiger partial charge in [-0.15, -0.1) is 0 Å². The molecule has 0 aromatic heterocycles. The van der Waals surface area contributed by atoms with Crippen molar-refractivity contribution in [3.8, 4) is 0 Å². The van der Waals surface area contributed by atoms with Crippen LogP contribution in [0, 0.1) is 20.8 Å². The molecule has 0 atom stereocenters. The third-order valence-electron chi connectivity index (χ3n) is 3.77. The largest absolute Gasteiger partial charge is 0.344 e. The lowest BCUT2D eigenvalue weighted by atomic mass is 10.0. The molecule has 0 aliphatic carbocycles. The lowest BCUT2D eigenvalue weighted by molar-refractivity contribution is 0.965. The summed E-state index contributed by atoms with van der Waals surface area (Å²) >= 11 is 0. The van der Waals surface area contributed by atoms with E-state index in [1.807, 2.05) is 0 Å². The van der Waals surface area contributed by atoms with Crippen molar-refractivity contribution in [3.05, 3.63) is 58.7 Å². The molecule has 2 nitrogen and oxygen atoms in total. The molecule has 0 unspecified atom stereocenters. The fraction of sp³-hybridized carbons (Fsp3) is 0.333. The molecule has 2 heteroatoms. The van der Waals surface area contributed by atoms with Gasteiger partial charge in [-0.2, -0.15) is 0 Å². The van der Waals surface area contributed by atoms with Crippen LogP contribution < -0.4 is 10.6 Å². The van der Waals surface area contributed by atoms with Gasteiger partial charge in [-0.05, 0) is 62.6 Å². The summed E-state index contributed by atoms with van der Waals surface area (Å²) in [5.74, 6) is 0. The summed E-state index contributed by atoms with van der Waals surface area (Å²) in [5, 5.41) is 0. The highest BCUT2D eigenvalue weighted by Gasteiger charge is 2.09. The van der Waals surface area contributed by atoms with Crippen molar-refractivity contribution in [3.63, 3.8) is 0 Å². The average molecular weight is 268 g/mol. The van der Waals surface area contributed by atoms with Crippen molar-refractivity contribution in [2.75, 3.05) is 18.5 Å². The molecule has 2 rings (SSSR count). The van der Waals surface area contributed by atoms with E-state index in [2.05, 4.69) is 69.1 Å². The fourth-order valence-electron chi connectivity index (χ4n) is 2.73. The highest BCUT2D eigenvalue weighted by atomic mass is 15.1. The minimum absolute atomic E-state index is 0.700. The zero-order valence-corrected chi connectivity index (χ0v) is 12.9. The number of rotatable bonds is 4. The number of benzene rings is 2. The molecule has 0 bridgehead atoms. The summed E-state index contributed by atoms with van der Waals surface area (Å²) in [4.78, 5) is 2.26. The maximum atomic E-state index is 5.62. The van der Waals surface area contributed by atoms with E-state index in [0.717, 1.165) is 6.42 Å². The highest BCUT2D eigenvalue weighted by Crippen LogP contribution is 2.30. The minimum atomic E-state index is 0.700. The van der Waals surface area contributed by atoms with E-state index in [4.69, 9.17) is 5.73 Å². The SMILES string of the molecule is Cc1ccc(N(C)c2ccc(CCN)cc2C)c(C)c1. The normalized spacial score (nSPS) is 10.7. The predicted octanol–water partition coefficient (Wildman–Crippen LogP) is 3.88. The monoisotopic (exact) mass is 268 g/mol. The molecular formula is C18H24N2. The summed E-state index contributed by atoms with van der Waals surface area (Å²) in [5.41, 5.74) is 13.3. The third-order valence-corrected chi connectivity index (χ3v) is 3.77. The van der Waals surface area contributed by atoms with Crippen LogP contribution in [-0.2, 0) is 6.42 Å². The van der Waals surface area contributed by atoms with Crippen LogP contribution in [-0.4, -0.2) is 13.6 Å². The Hall–Kier alpha value is -1.80. The highest BCUT2D eigenvalue weighted by molar-refractivity contribution is 5.68. The van der Waals surface area contributed by atoms with Gasteiger partial charge in [0.05, 0.1) is 0 Å². The van der Waals surface area contributed by atoms with E-state index in [1.165, 1.54) is 33.6 Å². The molecule has 0 heterocycles. The van der Waals surface area contributed by atoms with E-state index in [1.54, 1.807) is 0 Å². The number of nitrogens with zero attached hydrogens (tertiary/aromatic N) is 1. The van der Waals surface area contributed by atoms with Crippen LogP contribution >= 0.6 is 0 Å². The number of aryl methyl sites for hydroxylation is 3. The Kier molecular flexibility index (Phi) is 4.46. The number of nitrogens with two attached hydrogens (primary N) is 1. The van der Waals surface area contributed by atoms with Crippen LogP contribution in [0.15, 0.2) is 36.4 Å². The number of hydrogen-bond donors (Lipinski definition) is 1. The van der Waals surface area contributed by atoms with E-state index in [-0.39, 0.29) is 0 Å². The first-order valence-corrected chi connectivity index (χ1v) is 7.13.